The number of hydrogen-bond donors (Lipinski definition) is 2. The van der Waals surface area contributed by atoms with Crippen LogP contribution in [0.15, 0.2) is 49.1 Å². The third kappa shape index (κ3) is 3.04. The van der Waals surface area contributed by atoms with Crippen LogP contribution in [0.5, 0.6) is 0 Å². The normalized spacial score (nSPS) is 11.0. The summed E-state index contributed by atoms with van der Waals surface area (Å²) in [5.74, 6) is 0.0231. The first-order valence-electron chi connectivity index (χ1n) is 7.98. The molecule has 2 N–H and O–H groups in total. The van der Waals surface area contributed by atoms with Crippen molar-refractivity contribution in [3.63, 3.8) is 0 Å². The van der Waals surface area contributed by atoms with Crippen molar-refractivity contribution in [2.45, 2.75) is 13.5 Å². The van der Waals surface area contributed by atoms with E-state index in [1.807, 2.05) is 13.0 Å². The van der Waals surface area contributed by atoms with Gasteiger partial charge in [-0.15, -0.1) is 0 Å². The molecular formula is C18H15FN6O. The van der Waals surface area contributed by atoms with Gasteiger partial charge in [0.05, 0.1) is 23.3 Å². The molecule has 0 atom stereocenters. The number of aromatic amines is 1. The van der Waals surface area contributed by atoms with E-state index in [0.29, 0.717) is 22.4 Å². The van der Waals surface area contributed by atoms with Crippen LogP contribution < -0.4 is 5.32 Å². The van der Waals surface area contributed by atoms with Crippen molar-refractivity contribution in [1.82, 2.24) is 30.0 Å². The molecule has 0 unspecified atom stereocenters. The zero-order valence-corrected chi connectivity index (χ0v) is 13.9. The Morgan fingerprint density at radius 2 is 2.15 bits per heavy atom. The summed E-state index contributed by atoms with van der Waals surface area (Å²) in [5, 5.41) is 6.90. The number of nitrogens with one attached hydrogen (secondary N) is 2. The lowest BCUT2D eigenvalue weighted by Gasteiger charge is -2.08. The first-order chi connectivity index (χ1) is 12.6. The fraction of sp³-hybridized carbons (Fsp3) is 0.111. The fourth-order valence-electron chi connectivity index (χ4n) is 2.76. The van der Waals surface area contributed by atoms with E-state index < -0.39 is 0 Å². The zero-order chi connectivity index (χ0) is 18.1. The number of nitrogens with zero attached hydrogens (tertiary/aromatic N) is 4. The highest BCUT2D eigenvalue weighted by Gasteiger charge is 2.11. The van der Waals surface area contributed by atoms with Gasteiger partial charge in [0.2, 0.25) is 0 Å². The van der Waals surface area contributed by atoms with E-state index in [4.69, 9.17) is 0 Å². The third-order valence-electron chi connectivity index (χ3n) is 4.05. The minimum Gasteiger partial charge on any atom is -0.345 e. The second kappa shape index (κ2) is 6.40. The molecule has 0 bridgehead atoms. The average Bonchev–Trinajstić information content (AvgIpc) is 3.28. The van der Waals surface area contributed by atoms with Crippen LogP contribution in [0.2, 0.25) is 0 Å². The molecule has 8 heteroatoms. The summed E-state index contributed by atoms with van der Waals surface area (Å²) in [7, 11) is 0. The van der Waals surface area contributed by atoms with Gasteiger partial charge < -0.3 is 10.3 Å². The summed E-state index contributed by atoms with van der Waals surface area (Å²) >= 11 is 0. The summed E-state index contributed by atoms with van der Waals surface area (Å²) in [6.07, 6.45) is 3.05. The summed E-state index contributed by atoms with van der Waals surface area (Å²) in [4.78, 5) is 23.7. The minimum atomic E-state index is -0.333. The largest absolute Gasteiger partial charge is 0.345 e. The molecule has 0 saturated heterocycles. The van der Waals surface area contributed by atoms with Gasteiger partial charge in [0, 0.05) is 5.56 Å². The smallest absolute Gasteiger partial charge is 0.251 e. The highest BCUT2D eigenvalue weighted by atomic mass is 19.1. The lowest BCUT2D eigenvalue weighted by molar-refractivity contribution is 0.0949. The number of H-pyrrole nitrogens is 1. The van der Waals surface area contributed by atoms with E-state index in [-0.39, 0.29) is 18.3 Å². The molecule has 0 radical (unpaired) electrons. The zero-order valence-electron chi connectivity index (χ0n) is 13.9. The van der Waals surface area contributed by atoms with Gasteiger partial charge in [-0.05, 0) is 48.9 Å². The van der Waals surface area contributed by atoms with Crippen LogP contribution >= 0.6 is 0 Å². The monoisotopic (exact) mass is 350 g/mol. The maximum Gasteiger partial charge on any atom is 0.251 e. The Hall–Kier alpha value is -3.55. The van der Waals surface area contributed by atoms with Crippen molar-refractivity contribution in [3.8, 4) is 5.69 Å². The number of carbonyl (C=O) groups excluding carboxylic acids is 1. The van der Waals surface area contributed by atoms with Crippen molar-refractivity contribution >= 4 is 16.9 Å². The van der Waals surface area contributed by atoms with Crippen molar-refractivity contribution in [3.05, 3.63) is 71.8 Å². The maximum atomic E-state index is 13.2. The van der Waals surface area contributed by atoms with Gasteiger partial charge in [-0.1, -0.05) is 0 Å². The highest BCUT2D eigenvalue weighted by molar-refractivity contribution is 5.95. The van der Waals surface area contributed by atoms with Crippen LogP contribution in [0, 0.1) is 12.7 Å². The molecule has 4 rings (SSSR count). The number of aromatic nitrogens is 5. The molecule has 7 nitrogen and oxygen atoms in total. The van der Waals surface area contributed by atoms with E-state index in [9.17, 15) is 9.18 Å². The number of benzene rings is 2. The van der Waals surface area contributed by atoms with E-state index in [1.165, 1.54) is 18.5 Å². The van der Waals surface area contributed by atoms with Gasteiger partial charge in [-0.25, -0.2) is 19.0 Å². The third-order valence-corrected chi connectivity index (χ3v) is 4.05. The van der Waals surface area contributed by atoms with Gasteiger partial charge in [0.25, 0.3) is 5.91 Å². The Bertz CT molecular complexity index is 1090. The standard InChI is InChI=1S/C18H15FN6O/c1-11-6-13(25-10-20-9-22-25)3-4-14(11)18(26)21-8-17-23-15-5-2-12(19)7-16(15)24-17/h2-7,9-10H,8H2,1H3,(H,21,26)(H,23,24). The summed E-state index contributed by atoms with van der Waals surface area (Å²) < 4.78 is 14.9. The number of imidazole rings is 1. The van der Waals surface area contributed by atoms with Crippen LogP contribution in [0.25, 0.3) is 16.7 Å². The summed E-state index contributed by atoms with van der Waals surface area (Å²) in [6, 6.07) is 9.75. The number of rotatable bonds is 4. The SMILES string of the molecule is Cc1cc(-n2cncn2)ccc1C(=O)NCc1nc2ccc(F)cc2[nH]1. The number of carbonyl (C=O) groups is 1. The first kappa shape index (κ1) is 15.9. The molecule has 0 fully saturated rings. The second-order valence-electron chi connectivity index (χ2n) is 5.87. The molecule has 0 aliphatic heterocycles. The van der Waals surface area contributed by atoms with Gasteiger partial charge in [-0.3, -0.25) is 4.79 Å². The molecule has 2 aromatic carbocycles. The average molecular weight is 350 g/mol. The maximum absolute atomic E-state index is 13.2. The number of hydrogen-bond acceptors (Lipinski definition) is 4. The van der Waals surface area contributed by atoms with Crippen LogP contribution in [-0.2, 0) is 6.54 Å². The molecule has 0 spiro atoms. The van der Waals surface area contributed by atoms with E-state index in [2.05, 4.69) is 25.4 Å². The molecule has 2 aromatic heterocycles. The molecular weight excluding hydrogens is 335 g/mol. The van der Waals surface area contributed by atoms with Crippen LogP contribution in [0.1, 0.15) is 21.7 Å². The molecule has 0 saturated carbocycles. The molecule has 2 heterocycles. The van der Waals surface area contributed by atoms with Crippen molar-refractivity contribution < 1.29 is 9.18 Å². The molecule has 0 aliphatic carbocycles. The predicted octanol–water partition coefficient (Wildman–Crippen LogP) is 2.52. The highest BCUT2D eigenvalue weighted by Crippen LogP contribution is 2.15. The summed E-state index contributed by atoms with van der Waals surface area (Å²) in [6.45, 7) is 2.08. The van der Waals surface area contributed by atoms with Gasteiger partial charge in [0.1, 0.15) is 24.3 Å². The van der Waals surface area contributed by atoms with Crippen molar-refractivity contribution in [2.24, 2.45) is 0 Å². The van der Waals surface area contributed by atoms with Gasteiger partial charge in [0.15, 0.2) is 0 Å². The lowest BCUT2D eigenvalue weighted by atomic mass is 10.1. The number of fused-ring (bicyclic) bond motifs is 1. The first-order valence-corrected chi connectivity index (χ1v) is 7.98. The predicted molar refractivity (Wildman–Crippen MR) is 93.3 cm³/mol. The van der Waals surface area contributed by atoms with Gasteiger partial charge in [-0.2, -0.15) is 5.10 Å². The Labute approximate surface area is 147 Å². The van der Waals surface area contributed by atoms with Crippen LogP contribution in [0.3, 0.4) is 0 Å². The van der Waals surface area contributed by atoms with E-state index in [1.54, 1.807) is 29.2 Å². The van der Waals surface area contributed by atoms with Crippen molar-refractivity contribution in [2.75, 3.05) is 0 Å². The Balaban J connectivity index is 1.49. The number of aryl methyl sites for hydroxylation is 1. The Morgan fingerprint density at radius 1 is 1.27 bits per heavy atom. The van der Waals surface area contributed by atoms with E-state index >= 15 is 0 Å². The summed E-state index contributed by atoms with van der Waals surface area (Å²) in [5.41, 5.74) is 3.47. The minimum absolute atomic E-state index is 0.209. The number of halogens is 1. The molecule has 130 valence electrons. The topological polar surface area (TPSA) is 88.5 Å². The van der Waals surface area contributed by atoms with Crippen LogP contribution in [0.4, 0.5) is 4.39 Å². The Morgan fingerprint density at radius 3 is 2.92 bits per heavy atom. The molecule has 0 aliphatic rings. The van der Waals surface area contributed by atoms with Crippen LogP contribution in [-0.4, -0.2) is 30.6 Å². The fourth-order valence-corrected chi connectivity index (χ4v) is 2.76. The molecule has 26 heavy (non-hydrogen) atoms. The Kier molecular flexibility index (Phi) is 3.92. The lowest BCUT2D eigenvalue weighted by Crippen LogP contribution is -2.24. The quantitative estimate of drug-likeness (QED) is 0.592. The van der Waals surface area contributed by atoms with Gasteiger partial charge >= 0.3 is 0 Å². The number of amides is 1. The van der Waals surface area contributed by atoms with Crippen molar-refractivity contribution in [1.29, 1.82) is 0 Å². The molecule has 4 aromatic rings. The van der Waals surface area contributed by atoms with E-state index in [0.717, 1.165) is 11.3 Å². The molecule has 1 amide bonds. The second-order valence-corrected chi connectivity index (χ2v) is 5.87.